The number of carbonyl (C=O) groups excluding carboxylic acids is 2. The second-order valence-electron chi connectivity index (χ2n) is 4.95. The van der Waals surface area contributed by atoms with Gasteiger partial charge in [-0.1, -0.05) is 0 Å². The Labute approximate surface area is 128 Å². The third kappa shape index (κ3) is 3.97. The minimum atomic E-state index is -0.779. The van der Waals surface area contributed by atoms with Crippen molar-refractivity contribution < 1.29 is 19.1 Å². The highest BCUT2D eigenvalue weighted by molar-refractivity contribution is 6.35. The molecule has 2 rings (SSSR count). The molecule has 0 atom stereocenters. The molecule has 1 aromatic carbocycles. The van der Waals surface area contributed by atoms with Crippen molar-refractivity contribution in [1.82, 2.24) is 10.7 Å². The number of nitrogens with zero attached hydrogens (tertiary/aromatic N) is 1. The summed E-state index contributed by atoms with van der Waals surface area (Å²) in [5, 5.41) is 6.54. The number of nitrogens with one attached hydrogen (secondary N) is 2. The van der Waals surface area contributed by atoms with Crippen molar-refractivity contribution in [3.05, 3.63) is 23.8 Å². The van der Waals surface area contributed by atoms with Gasteiger partial charge >= 0.3 is 11.8 Å². The average molecular weight is 305 g/mol. The Morgan fingerprint density at radius 1 is 1.18 bits per heavy atom. The van der Waals surface area contributed by atoms with Gasteiger partial charge in [0.05, 0.1) is 19.9 Å². The fourth-order valence-corrected chi connectivity index (χ4v) is 1.82. The van der Waals surface area contributed by atoms with E-state index in [0.29, 0.717) is 22.8 Å². The van der Waals surface area contributed by atoms with Crippen molar-refractivity contribution in [1.29, 1.82) is 0 Å². The van der Waals surface area contributed by atoms with Crippen molar-refractivity contribution in [2.24, 2.45) is 5.10 Å². The molecule has 7 nitrogen and oxygen atoms in total. The van der Waals surface area contributed by atoms with E-state index >= 15 is 0 Å². The van der Waals surface area contributed by atoms with Gasteiger partial charge in [-0.25, -0.2) is 5.43 Å². The predicted octanol–water partition coefficient (Wildman–Crippen LogP) is 0.823. The molecule has 1 aromatic rings. The van der Waals surface area contributed by atoms with Crippen LogP contribution in [-0.4, -0.2) is 37.8 Å². The van der Waals surface area contributed by atoms with E-state index in [0.717, 1.165) is 12.8 Å². The molecule has 1 fully saturated rings. The van der Waals surface area contributed by atoms with Crippen LogP contribution in [0.3, 0.4) is 0 Å². The van der Waals surface area contributed by atoms with Gasteiger partial charge in [-0.2, -0.15) is 5.10 Å². The van der Waals surface area contributed by atoms with Crippen LogP contribution in [0.15, 0.2) is 23.3 Å². The van der Waals surface area contributed by atoms with Crippen LogP contribution < -0.4 is 20.2 Å². The number of methoxy groups -OCH3 is 2. The molecular weight excluding hydrogens is 286 g/mol. The van der Waals surface area contributed by atoms with Gasteiger partial charge in [0.25, 0.3) is 0 Å². The van der Waals surface area contributed by atoms with Gasteiger partial charge in [-0.05, 0) is 31.9 Å². The van der Waals surface area contributed by atoms with Gasteiger partial charge < -0.3 is 14.8 Å². The minimum Gasteiger partial charge on any atom is -0.497 e. The molecule has 0 unspecified atom stereocenters. The van der Waals surface area contributed by atoms with E-state index in [4.69, 9.17) is 9.47 Å². The number of hydrogen-bond donors (Lipinski definition) is 2. The van der Waals surface area contributed by atoms with E-state index in [1.54, 1.807) is 32.2 Å². The van der Waals surface area contributed by atoms with Gasteiger partial charge in [-0.3, -0.25) is 9.59 Å². The Balaban J connectivity index is 2.04. The van der Waals surface area contributed by atoms with Crippen molar-refractivity contribution in [3.8, 4) is 11.5 Å². The van der Waals surface area contributed by atoms with Crippen molar-refractivity contribution in [2.75, 3.05) is 14.2 Å². The molecule has 1 aliphatic rings. The molecule has 2 amide bonds. The third-order valence-electron chi connectivity index (χ3n) is 3.24. The first-order valence-electron chi connectivity index (χ1n) is 6.92. The molecule has 118 valence electrons. The second-order valence-corrected chi connectivity index (χ2v) is 4.95. The molecule has 0 bridgehead atoms. The first kappa shape index (κ1) is 15.8. The molecule has 1 aliphatic carbocycles. The molecule has 0 heterocycles. The third-order valence-corrected chi connectivity index (χ3v) is 3.24. The van der Waals surface area contributed by atoms with Gasteiger partial charge in [-0.15, -0.1) is 0 Å². The summed E-state index contributed by atoms with van der Waals surface area (Å²) in [4.78, 5) is 23.1. The molecule has 1 saturated carbocycles. The van der Waals surface area contributed by atoms with Crippen LogP contribution in [-0.2, 0) is 9.59 Å². The number of amides is 2. The molecule has 0 spiro atoms. The zero-order chi connectivity index (χ0) is 16.1. The predicted molar refractivity (Wildman–Crippen MR) is 81.1 cm³/mol. The first-order chi connectivity index (χ1) is 10.5. The number of benzene rings is 1. The van der Waals surface area contributed by atoms with Crippen LogP contribution in [0.25, 0.3) is 0 Å². The summed E-state index contributed by atoms with van der Waals surface area (Å²) in [5.41, 5.74) is 3.46. The molecule has 0 saturated heterocycles. The maximum atomic E-state index is 11.6. The van der Waals surface area contributed by atoms with Gasteiger partial charge in [0.1, 0.15) is 11.5 Å². The number of rotatable bonds is 5. The van der Waals surface area contributed by atoms with Crippen LogP contribution in [0.1, 0.15) is 25.3 Å². The van der Waals surface area contributed by atoms with Crippen LogP contribution in [0.2, 0.25) is 0 Å². The summed E-state index contributed by atoms with van der Waals surface area (Å²) in [6.07, 6.45) is 1.84. The number of hydrogen-bond acceptors (Lipinski definition) is 5. The lowest BCUT2D eigenvalue weighted by Gasteiger charge is -2.10. The molecular formula is C15H19N3O4. The molecule has 0 aliphatic heterocycles. The van der Waals surface area contributed by atoms with E-state index in [9.17, 15) is 9.59 Å². The van der Waals surface area contributed by atoms with E-state index < -0.39 is 11.8 Å². The lowest BCUT2D eigenvalue weighted by atomic mass is 10.1. The number of hydrazone groups is 1. The molecule has 0 radical (unpaired) electrons. The van der Waals surface area contributed by atoms with Gasteiger partial charge in [0.15, 0.2) is 0 Å². The van der Waals surface area contributed by atoms with E-state index in [1.807, 2.05) is 0 Å². The normalized spacial score (nSPS) is 14.2. The Bertz CT molecular complexity index is 609. The maximum absolute atomic E-state index is 11.6. The zero-order valence-electron chi connectivity index (χ0n) is 12.8. The van der Waals surface area contributed by atoms with Crippen molar-refractivity contribution in [3.63, 3.8) is 0 Å². The van der Waals surface area contributed by atoms with Crippen LogP contribution >= 0.6 is 0 Å². The maximum Gasteiger partial charge on any atom is 0.329 e. The molecule has 22 heavy (non-hydrogen) atoms. The fraction of sp³-hybridized carbons (Fsp3) is 0.400. The molecule has 2 N–H and O–H groups in total. The SMILES string of the molecule is COc1ccc(/C(C)=N\NC(=O)C(=O)NC2CC2)c(OC)c1. The number of ether oxygens (including phenoxy) is 2. The average Bonchev–Trinajstić information content (AvgIpc) is 3.35. The molecule has 7 heteroatoms. The van der Waals surface area contributed by atoms with E-state index in [1.165, 1.54) is 7.11 Å². The van der Waals surface area contributed by atoms with Gasteiger partial charge in [0.2, 0.25) is 0 Å². The van der Waals surface area contributed by atoms with Crippen LogP contribution in [0, 0.1) is 0 Å². The van der Waals surface area contributed by atoms with E-state index in [-0.39, 0.29) is 6.04 Å². The largest absolute Gasteiger partial charge is 0.497 e. The Morgan fingerprint density at radius 2 is 1.91 bits per heavy atom. The van der Waals surface area contributed by atoms with Gasteiger partial charge in [0, 0.05) is 17.7 Å². The monoisotopic (exact) mass is 305 g/mol. The smallest absolute Gasteiger partial charge is 0.329 e. The summed E-state index contributed by atoms with van der Waals surface area (Å²) < 4.78 is 10.4. The standard InChI is InChI=1S/C15H19N3O4/c1-9(12-7-6-11(21-2)8-13(12)22-3)17-18-15(20)14(19)16-10-4-5-10/h6-8,10H,4-5H2,1-3H3,(H,16,19)(H,18,20)/b17-9-. The molecule has 0 aromatic heterocycles. The lowest BCUT2D eigenvalue weighted by Crippen LogP contribution is -2.39. The summed E-state index contributed by atoms with van der Waals surface area (Å²) in [7, 11) is 3.10. The summed E-state index contributed by atoms with van der Waals surface area (Å²) in [6, 6.07) is 5.38. The highest BCUT2D eigenvalue weighted by Crippen LogP contribution is 2.25. The highest BCUT2D eigenvalue weighted by atomic mass is 16.5. The fourth-order valence-electron chi connectivity index (χ4n) is 1.82. The number of carbonyl (C=O) groups is 2. The highest BCUT2D eigenvalue weighted by Gasteiger charge is 2.26. The first-order valence-corrected chi connectivity index (χ1v) is 6.92. The van der Waals surface area contributed by atoms with Crippen molar-refractivity contribution >= 4 is 17.5 Å². The second kappa shape index (κ2) is 6.93. The lowest BCUT2D eigenvalue weighted by molar-refractivity contribution is -0.139. The summed E-state index contributed by atoms with van der Waals surface area (Å²) >= 11 is 0. The van der Waals surface area contributed by atoms with Crippen molar-refractivity contribution in [2.45, 2.75) is 25.8 Å². The summed E-state index contributed by atoms with van der Waals surface area (Å²) in [6.45, 7) is 1.71. The topological polar surface area (TPSA) is 89.0 Å². The van der Waals surface area contributed by atoms with Crippen LogP contribution in [0.5, 0.6) is 11.5 Å². The van der Waals surface area contributed by atoms with E-state index in [2.05, 4.69) is 15.8 Å². The quantitative estimate of drug-likeness (QED) is 0.479. The van der Waals surface area contributed by atoms with Crippen LogP contribution in [0.4, 0.5) is 0 Å². The Hall–Kier alpha value is -2.57. The minimum absolute atomic E-state index is 0.130. The zero-order valence-corrected chi connectivity index (χ0v) is 12.8. The Kier molecular flexibility index (Phi) is 4.98. The summed E-state index contributed by atoms with van der Waals surface area (Å²) in [5.74, 6) is -0.224. The Morgan fingerprint density at radius 3 is 2.50 bits per heavy atom.